The van der Waals surface area contributed by atoms with Crippen LogP contribution < -0.4 is 11.3 Å². The van der Waals surface area contributed by atoms with Crippen LogP contribution in [0.1, 0.15) is 11.3 Å². The van der Waals surface area contributed by atoms with Crippen molar-refractivity contribution in [2.75, 3.05) is 0 Å². The van der Waals surface area contributed by atoms with Gasteiger partial charge in [0.05, 0.1) is 0 Å². The fourth-order valence-electron chi connectivity index (χ4n) is 1.93. The van der Waals surface area contributed by atoms with Gasteiger partial charge in [-0.15, -0.1) is 0 Å². The Labute approximate surface area is 116 Å². The maximum atomic E-state index is 13.2. The number of nitrogens with zero attached hydrogens (tertiary/aromatic N) is 1. The number of benzene rings is 1. The minimum atomic E-state index is -0.298. The Hall–Kier alpha value is -1.49. The summed E-state index contributed by atoms with van der Waals surface area (Å²) in [7, 11) is 0. The Balaban J connectivity index is 2.09. The molecule has 0 radical (unpaired) electrons. The largest absolute Gasteiger partial charge is 0.271 e. The summed E-state index contributed by atoms with van der Waals surface area (Å²) in [6.45, 7) is 0. The molecule has 0 aliphatic rings. The zero-order valence-electron chi connectivity index (χ0n) is 10.3. The van der Waals surface area contributed by atoms with Crippen LogP contribution >= 0.6 is 11.6 Å². The molecular formula is C14H15ClFN3. The minimum absolute atomic E-state index is 0.0470. The monoisotopic (exact) mass is 279 g/mol. The first-order chi connectivity index (χ1) is 9.19. The average Bonchev–Trinajstić information content (AvgIpc) is 2.43. The number of hydrogen-bond acceptors (Lipinski definition) is 3. The molecule has 5 heteroatoms. The molecule has 0 saturated carbocycles. The maximum absolute atomic E-state index is 13.2. The van der Waals surface area contributed by atoms with Gasteiger partial charge in [0, 0.05) is 29.4 Å². The van der Waals surface area contributed by atoms with Crippen molar-refractivity contribution in [1.29, 1.82) is 0 Å². The Morgan fingerprint density at radius 2 is 2.11 bits per heavy atom. The molecule has 0 spiro atoms. The van der Waals surface area contributed by atoms with Crippen LogP contribution in [-0.4, -0.2) is 11.0 Å². The molecule has 0 saturated heterocycles. The van der Waals surface area contributed by atoms with Crippen molar-refractivity contribution < 1.29 is 4.39 Å². The molecule has 0 bridgehead atoms. The summed E-state index contributed by atoms with van der Waals surface area (Å²) in [5.41, 5.74) is 4.39. The van der Waals surface area contributed by atoms with Gasteiger partial charge in [0.2, 0.25) is 0 Å². The van der Waals surface area contributed by atoms with E-state index in [2.05, 4.69) is 10.4 Å². The second kappa shape index (κ2) is 6.61. The van der Waals surface area contributed by atoms with E-state index in [4.69, 9.17) is 17.4 Å². The fourth-order valence-corrected chi connectivity index (χ4v) is 2.12. The summed E-state index contributed by atoms with van der Waals surface area (Å²) in [6.07, 6.45) is 2.94. The first-order valence-electron chi connectivity index (χ1n) is 5.99. The van der Waals surface area contributed by atoms with Crippen molar-refractivity contribution in [3.8, 4) is 0 Å². The van der Waals surface area contributed by atoms with Crippen LogP contribution in [0.5, 0.6) is 0 Å². The van der Waals surface area contributed by atoms with Crippen molar-refractivity contribution in [1.82, 2.24) is 10.4 Å². The molecular weight excluding hydrogens is 265 g/mol. The SMILES string of the molecule is NNC(Cc1ccccn1)Cc1cc(F)ccc1Cl. The average molecular weight is 280 g/mol. The lowest BCUT2D eigenvalue weighted by Gasteiger charge is -2.16. The van der Waals surface area contributed by atoms with E-state index >= 15 is 0 Å². The van der Waals surface area contributed by atoms with E-state index < -0.39 is 0 Å². The lowest BCUT2D eigenvalue weighted by atomic mass is 10.0. The third kappa shape index (κ3) is 3.99. The third-order valence-corrected chi connectivity index (χ3v) is 3.26. The summed E-state index contributed by atoms with van der Waals surface area (Å²) < 4.78 is 13.2. The maximum Gasteiger partial charge on any atom is 0.123 e. The third-order valence-electron chi connectivity index (χ3n) is 2.89. The van der Waals surface area contributed by atoms with Crippen LogP contribution in [0, 0.1) is 5.82 Å². The minimum Gasteiger partial charge on any atom is -0.271 e. The molecule has 0 amide bonds. The molecule has 2 rings (SSSR count). The number of hydrogen-bond donors (Lipinski definition) is 2. The molecule has 1 heterocycles. The molecule has 1 atom stereocenters. The molecule has 1 unspecified atom stereocenters. The molecule has 19 heavy (non-hydrogen) atoms. The summed E-state index contributed by atoms with van der Waals surface area (Å²) in [6, 6.07) is 10.00. The first-order valence-corrected chi connectivity index (χ1v) is 6.37. The lowest BCUT2D eigenvalue weighted by molar-refractivity contribution is 0.515. The van der Waals surface area contributed by atoms with Crippen molar-refractivity contribution in [2.24, 2.45) is 5.84 Å². The van der Waals surface area contributed by atoms with E-state index in [1.54, 1.807) is 12.3 Å². The molecule has 1 aromatic carbocycles. The summed E-state index contributed by atoms with van der Waals surface area (Å²) in [4.78, 5) is 4.25. The van der Waals surface area contributed by atoms with Crippen LogP contribution in [0.4, 0.5) is 4.39 Å². The predicted octanol–water partition coefficient (Wildman–Crippen LogP) is 2.49. The second-order valence-electron chi connectivity index (χ2n) is 4.33. The topological polar surface area (TPSA) is 50.9 Å². The van der Waals surface area contributed by atoms with Gasteiger partial charge in [-0.3, -0.25) is 16.3 Å². The van der Waals surface area contributed by atoms with Gasteiger partial charge in [0.25, 0.3) is 0 Å². The van der Waals surface area contributed by atoms with Crippen LogP contribution in [0.3, 0.4) is 0 Å². The van der Waals surface area contributed by atoms with E-state index in [1.165, 1.54) is 12.1 Å². The Morgan fingerprint density at radius 3 is 2.79 bits per heavy atom. The Morgan fingerprint density at radius 1 is 1.26 bits per heavy atom. The first kappa shape index (κ1) is 13.9. The van der Waals surface area contributed by atoms with E-state index in [0.717, 1.165) is 11.3 Å². The van der Waals surface area contributed by atoms with Gasteiger partial charge in [-0.25, -0.2) is 4.39 Å². The molecule has 0 aliphatic heterocycles. The van der Waals surface area contributed by atoms with Gasteiger partial charge in [-0.1, -0.05) is 17.7 Å². The Bertz CT molecular complexity index is 533. The number of nitrogens with two attached hydrogens (primary N) is 1. The van der Waals surface area contributed by atoms with Gasteiger partial charge in [-0.2, -0.15) is 0 Å². The van der Waals surface area contributed by atoms with Gasteiger partial charge in [-0.05, 0) is 42.3 Å². The highest BCUT2D eigenvalue weighted by molar-refractivity contribution is 6.31. The highest BCUT2D eigenvalue weighted by Gasteiger charge is 2.12. The van der Waals surface area contributed by atoms with Crippen LogP contribution in [0.25, 0.3) is 0 Å². The molecule has 3 N–H and O–H groups in total. The summed E-state index contributed by atoms with van der Waals surface area (Å²) >= 11 is 6.05. The molecule has 1 aromatic heterocycles. The van der Waals surface area contributed by atoms with Gasteiger partial charge >= 0.3 is 0 Å². The predicted molar refractivity (Wildman–Crippen MR) is 74.2 cm³/mol. The second-order valence-corrected chi connectivity index (χ2v) is 4.74. The van der Waals surface area contributed by atoms with Gasteiger partial charge in [0.1, 0.15) is 5.82 Å². The van der Waals surface area contributed by atoms with Crippen molar-refractivity contribution in [3.05, 3.63) is 64.7 Å². The van der Waals surface area contributed by atoms with Crippen molar-refractivity contribution in [2.45, 2.75) is 18.9 Å². The molecule has 0 aliphatic carbocycles. The molecule has 3 nitrogen and oxygen atoms in total. The zero-order valence-corrected chi connectivity index (χ0v) is 11.1. The number of rotatable bonds is 5. The van der Waals surface area contributed by atoms with Crippen LogP contribution in [-0.2, 0) is 12.8 Å². The Kier molecular flexibility index (Phi) is 4.85. The smallest absolute Gasteiger partial charge is 0.123 e. The van der Waals surface area contributed by atoms with E-state index in [0.29, 0.717) is 17.9 Å². The number of hydrazine groups is 1. The van der Waals surface area contributed by atoms with E-state index in [-0.39, 0.29) is 11.9 Å². The summed E-state index contributed by atoms with van der Waals surface area (Å²) in [5.74, 6) is 5.24. The van der Waals surface area contributed by atoms with E-state index in [1.807, 2.05) is 18.2 Å². The summed E-state index contributed by atoms with van der Waals surface area (Å²) in [5, 5.41) is 0.544. The quantitative estimate of drug-likeness (QED) is 0.653. The number of aromatic nitrogens is 1. The highest BCUT2D eigenvalue weighted by atomic mass is 35.5. The lowest BCUT2D eigenvalue weighted by Crippen LogP contribution is -2.38. The van der Waals surface area contributed by atoms with Crippen LogP contribution in [0.15, 0.2) is 42.6 Å². The highest BCUT2D eigenvalue weighted by Crippen LogP contribution is 2.19. The molecule has 0 fully saturated rings. The normalized spacial score (nSPS) is 12.4. The number of halogens is 2. The molecule has 2 aromatic rings. The standard InChI is InChI=1S/C14H15ClFN3/c15-14-5-4-11(16)7-10(14)8-13(19-17)9-12-3-1-2-6-18-12/h1-7,13,19H,8-9,17H2. The van der Waals surface area contributed by atoms with Crippen LogP contribution in [0.2, 0.25) is 5.02 Å². The van der Waals surface area contributed by atoms with Gasteiger partial charge < -0.3 is 0 Å². The molecule has 100 valence electrons. The zero-order chi connectivity index (χ0) is 13.7. The van der Waals surface area contributed by atoms with Crippen molar-refractivity contribution >= 4 is 11.6 Å². The van der Waals surface area contributed by atoms with E-state index in [9.17, 15) is 4.39 Å². The van der Waals surface area contributed by atoms with Crippen molar-refractivity contribution in [3.63, 3.8) is 0 Å². The number of pyridine rings is 1. The fraction of sp³-hybridized carbons (Fsp3) is 0.214. The van der Waals surface area contributed by atoms with Gasteiger partial charge in [0.15, 0.2) is 0 Å². The number of nitrogens with one attached hydrogen (secondary N) is 1.